The summed E-state index contributed by atoms with van der Waals surface area (Å²) in [7, 11) is 3.24. The van der Waals surface area contributed by atoms with E-state index in [0.717, 1.165) is 32.5 Å². The minimum atomic E-state index is -1.19. The molecule has 4 fully saturated rings. The molecule has 3 aromatic carbocycles. The van der Waals surface area contributed by atoms with Crippen LogP contribution in [0.4, 0.5) is 37.3 Å². The van der Waals surface area contributed by atoms with Gasteiger partial charge < -0.3 is 40.1 Å². The normalized spacial score (nSPS) is 18.3. The molecule has 1 saturated carbocycles. The zero-order valence-corrected chi connectivity index (χ0v) is 38.4. The Balaban J connectivity index is 0.723. The second kappa shape index (κ2) is 20.0. The van der Waals surface area contributed by atoms with Crippen LogP contribution in [0, 0.1) is 23.1 Å². The van der Waals surface area contributed by atoms with E-state index >= 15 is 4.39 Å². The number of rotatable bonds is 15. The molecule has 17 nitrogen and oxygen atoms in total. The Bertz CT molecular complexity index is 2740. The number of hydrogen-bond acceptors (Lipinski definition) is 13. The number of carbonyl (C=O) groups excluding carboxylic acids is 5. The van der Waals surface area contributed by atoms with Crippen LogP contribution in [0.15, 0.2) is 85.1 Å². The monoisotopic (exact) mass is 944 g/mol. The van der Waals surface area contributed by atoms with E-state index in [-0.39, 0.29) is 24.8 Å². The Kier molecular flexibility index (Phi) is 13.6. The van der Waals surface area contributed by atoms with Crippen molar-refractivity contribution in [2.75, 3.05) is 92.3 Å². The summed E-state index contributed by atoms with van der Waals surface area (Å²) in [6.07, 6.45) is 4.79. The smallest absolute Gasteiger partial charge is 0.249 e. The molecule has 4 N–H and O–H groups in total. The van der Waals surface area contributed by atoms with E-state index in [0.29, 0.717) is 108 Å². The number of amides is 5. The number of methoxy groups -OCH3 is 1. The van der Waals surface area contributed by atoms with Gasteiger partial charge in [-0.2, -0.15) is 4.39 Å². The second-order valence-electron chi connectivity index (χ2n) is 18.0. The first-order chi connectivity index (χ1) is 33.3. The molecule has 5 amide bonds. The zero-order valence-electron chi connectivity index (χ0n) is 38.4. The standard InChI is InChI=1S/C50H54F2N10O7/c1-59(40-12-14-44(63)58-47(40)65)43-13-11-39(46(52)57-43)61-25-23-60(24-26-61)30-31-16-21-62(22-17-31)45(64)29-54-38-28-37-36(27-42(38)68-2)41(15-20-53-37)69-35-9-7-34(8-10-35)56-49(67)50(18-19-50)48(66)55-33-5-3-32(51)4-6-33/h3-11,13,15,20,27-28,31,40,54H,12,14,16-19,21-26,29-30H2,1-2H3,(H,55,66)(H,56,67)(H,58,63,65). The highest BCUT2D eigenvalue weighted by Gasteiger charge is 2.56. The van der Waals surface area contributed by atoms with Crippen LogP contribution < -0.4 is 40.5 Å². The molecule has 1 unspecified atom stereocenters. The van der Waals surface area contributed by atoms with Crippen LogP contribution in [0.3, 0.4) is 0 Å². The maximum atomic E-state index is 15.3. The van der Waals surface area contributed by atoms with Crippen LogP contribution in [0.1, 0.15) is 38.5 Å². The van der Waals surface area contributed by atoms with Gasteiger partial charge in [-0.1, -0.05) is 0 Å². The number of aromatic nitrogens is 2. The maximum Gasteiger partial charge on any atom is 0.249 e. The van der Waals surface area contributed by atoms with Crippen molar-refractivity contribution in [2.24, 2.45) is 11.3 Å². The van der Waals surface area contributed by atoms with Crippen molar-refractivity contribution < 1.29 is 42.2 Å². The van der Waals surface area contributed by atoms with Crippen LogP contribution >= 0.6 is 0 Å². The summed E-state index contributed by atoms with van der Waals surface area (Å²) in [6.45, 7) is 5.15. The first kappa shape index (κ1) is 46.7. The molecular weight excluding hydrogens is 891 g/mol. The molecule has 1 aliphatic carbocycles. The molecule has 5 heterocycles. The number of imide groups is 1. The van der Waals surface area contributed by atoms with Gasteiger partial charge >= 0.3 is 0 Å². The number of anilines is 5. The van der Waals surface area contributed by atoms with Gasteiger partial charge in [0, 0.05) is 82.2 Å². The van der Waals surface area contributed by atoms with Gasteiger partial charge in [0.25, 0.3) is 0 Å². The van der Waals surface area contributed by atoms with Crippen LogP contribution in [0.2, 0.25) is 0 Å². The lowest BCUT2D eigenvalue weighted by atomic mass is 9.96. The Hall–Kier alpha value is -7.41. The van der Waals surface area contributed by atoms with Crippen molar-refractivity contribution in [2.45, 2.75) is 44.6 Å². The summed E-state index contributed by atoms with van der Waals surface area (Å²) >= 11 is 0. The van der Waals surface area contributed by atoms with Gasteiger partial charge in [0.2, 0.25) is 35.5 Å². The number of piperazine rings is 1. The lowest BCUT2D eigenvalue weighted by Crippen LogP contribution is -2.51. The number of halogens is 2. The number of likely N-dealkylation sites (tertiary alicyclic amines) is 1. The number of ether oxygens (including phenoxy) is 2. The summed E-state index contributed by atoms with van der Waals surface area (Å²) in [6, 6.07) is 20.4. The Labute approximate surface area is 397 Å². The number of pyridine rings is 2. The highest BCUT2D eigenvalue weighted by molar-refractivity contribution is 6.17. The van der Waals surface area contributed by atoms with Gasteiger partial charge in [0.15, 0.2) is 0 Å². The molecule has 360 valence electrons. The second-order valence-corrected chi connectivity index (χ2v) is 18.0. The van der Waals surface area contributed by atoms with Gasteiger partial charge in [-0.3, -0.25) is 39.2 Å². The molecule has 1 atom stereocenters. The molecule has 3 aliphatic heterocycles. The van der Waals surface area contributed by atoms with E-state index in [9.17, 15) is 28.4 Å². The molecule has 3 saturated heterocycles. The van der Waals surface area contributed by atoms with Crippen molar-refractivity contribution in [1.29, 1.82) is 0 Å². The molecule has 19 heteroatoms. The first-order valence-corrected chi connectivity index (χ1v) is 23.2. The lowest BCUT2D eigenvalue weighted by molar-refractivity contribution is -0.134. The number of likely N-dealkylation sites (N-methyl/N-ethyl adjacent to an activating group) is 1. The number of piperidine rings is 2. The summed E-state index contributed by atoms with van der Waals surface area (Å²) in [5, 5.41) is 11.8. The summed E-state index contributed by atoms with van der Waals surface area (Å²) in [4.78, 5) is 80.1. The molecule has 0 bridgehead atoms. The fourth-order valence-corrected chi connectivity index (χ4v) is 9.24. The predicted octanol–water partition coefficient (Wildman–Crippen LogP) is 5.78. The lowest BCUT2D eigenvalue weighted by Gasteiger charge is -2.39. The van der Waals surface area contributed by atoms with Crippen molar-refractivity contribution in [3.8, 4) is 17.2 Å². The fraction of sp³-hybridized carbons (Fsp3) is 0.380. The summed E-state index contributed by atoms with van der Waals surface area (Å²) < 4.78 is 40.6. The largest absolute Gasteiger partial charge is 0.495 e. The highest BCUT2D eigenvalue weighted by Crippen LogP contribution is 2.47. The minimum absolute atomic E-state index is 0.0144. The van der Waals surface area contributed by atoms with Gasteiger partial charge in [-0.05, 0) is 117 Å². The number of nitrogens with one attached hydrogen (secondary N) is 4. The number of nitrogens with zero attached hydrogens (tertiary/aromatic N) is 6. The van der Waals surface area contributed by atoms with Gasteiger partial charge in [-0.15, -0.1) is 0 Å². The average Bonchev–Trinajstić information content (AvgIpc) is 4.18. The molecule has 0 radical (unpaired) electrons. The highest BCUT2D eigenvalue weighted by atomic mass is 19.1. The average molecular weight is 945 g/mol. The van der Waals surface area contributed by atoms with Gasteiger partial charge in [-0.25, -0.2) is 9.37 Å². The minimum Gasteiger partial charge on any atom is -0.495 e. The molecule has 0 spiro atoms. The molecule has 9 rings (SSSR count). The van der Waals surface area contributed by atoms with E-state index in [1.165, 1.54) is 24.3 Å². The zero-order chi connectivity index (χ0) is 48.2. The molecule has 4 aliphatic rings. The van der Waals surface area contributed by atoms with Crippen molar-refractivity contribution in [1.82, 2.24) is 25.1 Å². The number of benzene rings is 3. The quantitative estimate of drug-likeness (QED) is 0.0562. The molecule has 69 heavy (non-hydrogen) atoms. The molecular formula is C50H54F2N10O7. The van der Waals surface area contributed by atoms with E-state index in [1.54, 1.807) is 67.7 Å². The van der Waals surface area contributed by atoms with Crippen molar-refractivity contribution >= 4 is 69.0 Å². The first-order valence-electron chi connectivity index (χ1n) is 23.2. The van der Waals surface area contributed by atoms with Crippen LogP contribution in [0.25, 0.3) is 10.9 Å². The Morgan fingerprint density at radius 3 is 2.16 bits per heavy atom. The predicted molar refractivity (Wildman–Crippen MR) is 255 cm³/mol. The van der Waals surface area contributed by atoms with E-state index < -0.39 is 40.9 Å². The third kappa shape index (κ3) is 10.5. The fourth-order valence-electron chi connectivity index (χ4n) is 9.24. The van der Waals surface area contributed by atoms with Crippen molar-refractivity contribution in [3.05, 3.63) is 96.8 Å². The summed E-state index contributed by atoms with van der Waals surface area (Å²) in [5.41, 5.74) is 1.38. The van der Waals surface area contributed by atoms with E-state index in [4.69, 9.17) is 9.47 Å². The topological polar surface area (TPSA) is 191 Å². The molecule has 5 aromatic rings. The third-order valence-corrected chi connectivity index (χ3v) is 13.6. The van der Waals surface area contributed by atoms with Crippen LogP contribution in [0.5, 0.6) is 17.2 Å². The van der Waals surface area contributed by atoms with Crippen LogP contribution in [-0.4, -0.2) is 122 Å². The molecule has 2 aromatic heterocycles. The van der Waals surface area contributed by atoms with Crippen molar-refractivity contribution in [3.63, 3.8) is 0 Å². The van der Waals surface area contributed by atoms with E-state index in [1.807, 2.05) is 21.9 Å². The number of carbonyl (C=O) groups is 5. The van der Waals surface area contributed by atoms with E-state index in [2.05, 4.69) is 36.1 Å². The SMILES string of the molecule is COc1cc2c(Oc3ccc(NC(=O)C4(C(=O)Nc5ccc(F)cc5)CC4)cc3)ccnc2cc1NCC(=O)N1CCC(CN2CCN(c3ccc(N(C)C4CCC(=O)NC4=O)nc3F)CC2)CC1. The van der Waals surface area contributed by atoms with Gasteiger partial charge in [0.05, 0.1) is 30.5 Å². The maximum absolute atomic E-state index is 15.3. The van der Waals surface area contributed by atoms with Crippen LogP contribution in [-0.2, 0) is 24.0 Å². The summed E-state index contributed by atoms with van der Waals surface area (Å²) in [5.74, 6) is -0.286. The third-order valence-electron chi connectivity index (χ3n) is 13.6. The van der Waals surface area contributed by atoms with Gasteiger partial charge in [0.1, 0.15) is 40.3 Å². The number of fused-ring (bicyclic) bond motifs is 1. The number of hydrogen-bond donors (Lipinski definition) is 4. The Morgan fingerprint density at radius 1 is 0.841 bits per heavy atom. The Morgan fingerprint density at radius 2 is 1.52 bits per heavy atom.